The van der Waals surface area contributed by atoms with Crippen LogP contribution in [-0.2, 0) is 6.54 Å². The van der Waals surface area contributed by atoms with Gasteiger partial charge in [-0.2, -0.15) is 0 Å². The second kappa shape index (κ2) is 9.40. The quantitative estimate of drug-likeness (QED) is 0.641. The second-order valence-corrected chi connectivity index (χ2v) is 8.15. The highest BCUT2D eigenvalue weighted by Gasteiger charge is 2.25. The third-order valence-electron chi connectivity index (χ3n) is 5.85. The Balaban J connectivity index is 1.34. The molecule has 8 nitrogen and oxygen atoms in total. The summed E-state index contributed by atoms with van der Waals surface area (Å²) in [5.41, 5.74) is 4.47. The van der Waals surface area contributed by atoms with Gasteiger partial charge in [0.2, 0.25) is 5.82 Å². The molecule has 1 aliphatic rings. The molecule has 1 amide bonds. The van der Waals surface area contributed by atoms with Gasteiger partial charge in [0.1, 0.15) is 12.1 Å². The Hall–Kier alpha value is -3.39. The maximum Gasteiger partial charge on any atom is 0.293 e. The number of aliphatic hydroxyl groups is 1. The van der Waals surface area contributed by atoms with E-state index in [1.807, 2.05) is 12.1 Å². The van der Waals surface area contributed by atoms with E-state index in [0.29, 0.717) is 13.1 Å². The number of carbonyl (C=O) groups excluding carboxylic acids is 1. The Morgan fingerprint density at radius 1 is 1.09 bits per heavy atom. The summed E-state index contributed by atoms with van der Waals surface area (Å²) in [5, 5.41) is 14.8. The van der Waals surface area contributed by atoms with Crippen molar-refractivity contribution in [3.63, 3.8) is 0 Å². The lowest BCUT2D eigenvalue weighted by atomic mass is 10.1. The molecule has 1 N–H and O–H groups in total. The van der Waals surface area contributed by atoms with Gasteiger partial charge in [0.05, 0.1) is 19.8 Å². The standard InChI is InChI=1S/C24H29N5O3/c1-17-4-9-21(18(2)14-17)27-10-12-28(13-11-27)24(31)23-25-16-29(26-23)15-22(30)19-5-7-20(32-3)8-6-19/h4-9,14,16,22,30H,10-13,15H2,1-3H3/t22-/m0/s1. The van der Waals surface area contributed by atoms with E-state index >= 15 is 0 Å². The fraction of sp³-hybridized carbons (Fsp3) is 0.375. The molecule has 0 spiro atoms. The number of hydrogen-bond donors (Lipinski definition) is 1. The van der Waals surface area contributed by atoms with Crippen LogP contribution < -0.4 is 9.64 Å². The van der Waals surface area contributed by atoms with Gasteiger partial charge < -0.3 is 19.6 Å². The number of piperazine rings is 1. The molecule has 0 unspecified atom stereocenters. The van der Waals surface area contributed by atoms with Gasteiger partial charge in [0, 0.05) is 31.9 Å². The van der Waals surface area contributed by atoms with E-state index in [2.05, 4.69) is 47.0 Å². The predicted molar refractivity (Wildman–Crippen MR) is 122 cm³/mol. The molecule has 8 heteroatoms. The van der Waals surface area contributed by atoms with E-state index in [1.165, 1.54) is 27.8 Å². The summed E-state index contributed by atoms with van der Waals surface area (Å²) in [6.07, 6.45) is 0.734. The van der Waals surface area contributed by atoms with Gasteiger partial charge in [0.25, 0.3) is 5.91 Å². The molecule has 3 aromatic rings. The van der Waals surface area contributed by atoms with Crippen LogP contribution in [0, 0.1) is 13.8 Å². The zero-order chi connectivity index (χ0) is 22.7. The van der Waals surface area contributed by atoms with Crippen LogP contribution in [0.3, 0.4) is 0 Å². The van der Waals surface area contributed by atoms with Crippen LogP contribution in [0.4, 0.5) is 5.69 Å². The molecule has 2 aromatic carbocycles. The Kier molecular flexibility index (Phi) is 6.41. The number of carbonyl (C=O) groups is 1. The van der Waals surface area contributed by atoms with Gasteiger partial charge in [-0.15, -0.1) is 5.10 Å². The number of nitrogens with zero attached hydrogens (tertiary/aromatic N) is 5. The number of benzene rings is 2. The SMILES string of the molecule is COc1ccc([C@@H](O)Cn2cnc(C(=O)N3CCN(c4ccc(C)cc4C)CC3)n2)cc1. The Bertz CT molecular complexity index is 1070. The lowest BCUT2D eigenvalue weighted by molar-refractivity contribution is 0.0733. The normalized spacial score (nSPS) is 15.0. The maximum atomic E-state index is 12.9. The average molecular weight is 436 g/mol. The van der Waals surface area contributed by atoms with Crippen molar-refractivity contribution in [3.8, 4) is 5.75 Å². The van der Waals surface area contributed by atoms with E-state index in [0.717, 1.165) is 24.4 Å². The fourth-order valence-corrected chi connectivity index (χ4v) is 4.04. The summed E-state index contributed by atoms with van der Waals surface area (Å²) in [6, 6.07) is 13.7. The summed E-state index contributed by atoms with van der Waals surface area (Å²) in [4.78, 5) is 21.2. The van der Waals surface area contributed by atoms with Gasteiger partial charge in [-0.1, -0.05) is 29.8 Å². The molecule has 1 saturated heterocycles. The molecule has 2 heterocycles. The Labute approximate surface area is 188 Å². The predicted octanol–water partition coefficient (Wildman–Crippen LogP) is 2.60. The van der Waals surface area contributed by atoms with Crippen molar-refractivity contribution in [2.75, 3.05) is 38.2 Å². The number of hydrogen-bond acceptors (Lipinski definition) is 6. The molecule has 0 aliphatic carbocycles. The summed E-state index contributed by atoms with van der Waals surface area (Å²) in [6.45, 7) is 7.21. The third-order valence-corrected chi connectivity index (χ3v) is 5.85. The van der Waals surface area contributed by atoms with Crippen LogP contribution >= 0.6 is 0 Å². The van der Waals surface area contributed by atoms with Gasteiger partial charge in [-0.3, -0.25) is 4.79 Å². The number of aryl methyl sites for hydroxylation is 2. The monoisotopic (exact) mass is 435 g/mol. The number of aliphatic hydroxyl groups excluding tert-OH is 1. The minimum atomic E-state index is -0.758. The van der Waals surface area contributed by atoms with Crippen molar-refractivity contribution >= 4 is 11.6 Å². The first-order valence-electron chi connectivity index (χ1n) is 10.8. The topological polar surface area (TPSA) is 83.7 Å². The summed E-state index contributed by atoms with van der Waals surface area (Å²) >= 11 is 0. The van der Waals surface area contributed by atoms with Gasteiger partial charge in [0.15, 0.2) is 0 Å². The highest BCUT2D eigenvalue weighted by atomic mass is 16.5. The van der Waals surface area contributed by atoms with Crippen LogP contribution in [0.25, 0.3) is 0 Å². The molecule has 168 valence electrons. The molecular weight excluding hydrogens is 406 g/mol. The molecule has 0 bridgehead atoms. The number of methoxy groups -OCH3 is 1. The van der Waals surface area contributed by atoms with Crippen molar-refractivity contribution in [1.82, 2.24) is 19.7 Å². The highest BCUT2D eigenvalue weighted by molar-refractivity contribution is 5.90. The number of anilines is 1. The highest BCUT2D eigenvalue weighted by Crippen LogP contribution is 2.23. The first-order valence-corrected chi connectivity index (χ1v) is 10.8. The first kappa shape index (κ1) is 21.8. The van der Waals surface area contributed by atoms with Crippen LogP contribution in [0.5, 0.6) is 5.75 Å². The minimum Gasteiger partial charge on any atom is -0.497 e. The summed E-state index contributed by atoms with van der Waals surface area (Å²) in [5.74, 6) is 0.710. The van der Waals surface area contributed by atoms with E-state index in [1.54, 1.807) is 24.1 Å². The largest absolute Gasteiger partial charge is 0.497 e. The van der Waals surface area contributed by atoms with Crippen molar-refractivity contribution in [2.45, 2.75) is 26.5 Å². The zero-order valence-corrected chi connectivity index (χ0v) is 18.7. The average Bonchev–Trinajstić information content (AvgIpc) is 3.27. The molecule has 4 rings (SSSR count). The summed E-state index contributed by atoms with van der Waals surface area (Å²) < 4.78 is 6.65. The lowest BCUT2D eigenvalue weighted by Gasteiger charge is -2.36. The fourth-order valence-electron chi connectivity index (χ4n) is 4.04. The van der Waals surface area contributed by atoms with Crippen molar-refractivity contribution in [2.24, 2.45) is 0 Å². The number of ether oxygens (including phenoxy) is 1. The molecule has 1 fully saturated rings. The smallest absolute Gasteiger partial charge is 0.293 e. The van der Waals surface area contributed by atoms with Crippen LogP contribution in [0.2, 0.25) is 0 Å². The molecule has 1 aliphatic heterocycles. The van der Waals surface area contributed by atoms with Crippen LogP contribution in [0.1, 0.15) is 33.4 Å². The minimum absolute atomic E-state index is 0.159. The van der Waals surface area contributed by atoms with Gasteiger partial charge >= 0.3 is 0 Å². The van der Waals surface area contributed by atoms with Gasteiger partial charge in [-0.05, 0) is 43.2 Å². The number of aromatic nitrogens is 3. The number of rotatable bonds is 6. The molecular formula is C24H29N5O3. The number of amides is 1. The van der Waals surface area contributed by atoms with E-state index in [9.17, 15) is 9.90 Å². The van der Waals surface area contributed by atoms with Crippen LogP contribution in [0.15, 0.2) is 48.8 Å². The zero-order valence-electron chi connectivity index (χ0n) is 18.7. The van der Waals surface area contributed by atoms with E-state index in [4.69, 9.17) is 4.74 Å². The van der Waals surface area contributed by atoms with Crippen molar-refractivity contribution < 1.29 is 14.6 Å². The molecule has 1 aromatic heterocycles. The molecule has 32 heavy (non-hydrogen) atoms. The molecule has 1 atom stereocenters. The van der Waals surface area contributed by atoms with Crippen molar-refractivity contribution in [3.05, 3.63) is 71.3 Å². The lowest BCUT2D eigenvalue weighted by Crippen LogP contribution is -2.49. The summed E-state index contributed by atoms with van der Waals surface area (Å²) in [7, 11) is 1.60. The van der Waals surface area contributed by atoms with E-state index in [-0.39, 0.29) is 18.3 Å². The molecule has 0 saturated carbocycles. The third kappa shape index (κ3) is 4.75. The van der Waals surface area contributed by atoms with Gasteiger partial charge in [-0.25, -0.2) is 9.67 Å². The second-order valence-electron chi connectivity index (χ2n) is 8.15. The Morgan fingerprint density at radius 3 is 2.47 bits per heavy atom. The van der Waals surface area contributed by atoms with E-state index < -0.39 is 6.10 Å². The first-order chi connectivity index (χ1) is 15.4. The molecule has 0 radical (unpaired) electrons. The van der Waals surface area contributed by atoms with Crippen molar-refractivity contribution in [1.29, 1.82) is 0 Å². The maximum absolute atomic E-state index is 12.9. The Morgan fingerprint density at radius 2 is 1.81 bits per heavy atom. The van der Waals surface area contributed by atoms with Crippen LogP contribution in [-0.4, -0.2) is 64.0 Å².